The third-order valence-electron chi connectivity index (χ3n) is 2.84. The summed E-state index contributed by atoms with van der Waals surface area (Å²) in [5.41, 5.74) is 6.95. The Balaban J connectivity index is 1.66. The van der Waals surface area contributed by atoms with Gasteiger partial charge >= 0.3 is 6.03 Å². The maximum absolute atomic E-state index is 12.8. The first kappa shape index (κ1) is 14.9. The van der Waals surface area contributed by atoms with Crippen LogP contribution < -0.4 is 16.4 Å². The van der Waals surface area contributed by atoms with E-state index in [1.807, 2.05) is 24.3 Å². The van der Waals surface area contributed by atoms with Gasteiger partial charge in [0.1, 0.15) is 5.82 Å². The minimum Gasteiger partial charge on any atom is -0.369 e. The maximum Gasteiger partial charge on any atom is 0.325 e. The van der Waals surface area contributed by atoms with Crippen molar-refractivity contribution in [3.05, 3.63) is 54.3 Å². The largest absolute Gasteiger partial charge is 0.369 e. The van der Waals surface area contributed by atoms with Gasteiger partial charge in [0.2, 0.25) is 11.1 Å². The molecule has 1 aromatic heterocycles. The highest BCUT2D eigenvalue weighted by Crippen LogP contribution is 2.27. The highest BCUT2D eigenvalue weighted by atomic mass is 32.1. The fourth-order valence-corrected chi connectivity index (χ4v) is 2.70. The van der Waals surface area contributed by atoms with Crippen LogP contribution in [-0.2, 0) is 0 Å². The first-order valence-electron chi connectivity index (χ1n) is 6.63. The second kappa shape index (κ2) is 6.41. The van der Waals surface area contributed by atoms with Crippen LogP contribution in [0.15, 0.2) is 53.5 Å². The van der Waals surface area contributed by atoms with Crippen LogP contribution in [0.4, 0.5) is 20.0 Å². The molecule has 2 aromatic carbocycles. The molecule has 0 bridgehead atoms. The van der Waals surface area contributed by atoms with E-state index in [2.05, 4.69) is 20.6 Å². The third kappa shape index (κ3) is 3.80. The van der Waals surface area contributed by atoms with Gasteiger partial charge < -0.3 is 11.1 Å². The molecule has 0 radical (unpaired) electrons. The van der Waals surface area contributed by atoms with Crippen molar-refractivity contribution in [2.75, 3.05) is 5.32 Å². The number of hydrogen-bond acceptors (Lipinski definition) is 4. The highest BCUT2D eigenvalue weighted by molar-refractivity contribution is 7.22. The number of aromatic nitrogens is 1. The predicted molar refractivity (Wildman–Crippen MR) is 89.5 cm³/mol. The van der Waals surface area contributed by atoms with Gasteiger partial charge in [-0.25, -0.2) is 14.2 Å². The number of thiazole rings is 1. The second-order valence-corrected chi connectivity index (χ2v) is 5.56. The summed E-state index contributed by atoms with van der Waals surface area (Å²) in [6.07, 6.45) is 0. The van der Waals surface area contributed by atoms with E-state index in [1.54, 1.807) is 0 Å². The zero-order valence-corrected chi connectivity index (χ0v) is 12.6. The number of para-hydroxylation sites is 1. The molecular formula is C15H12FN5OS. The van der Waals surface area contributed by atoms with Crippen molar-refractivity contribution in [1.82, 2.24) is 10.3 Å². The molecule has 3 rings (SSSR count). The van der Waals surface area contributed by atoms with Crippen molar-refractivity contribution < 1.29 is 9.18 Å². The zero-order valence-electron chi connectivity index (χ0n) is 11.8. The van der Waals surface area contributed by atoms with E-state index >= 15 is 0 Å². The number of urea groups is 1. The van der Waals surface area contributed by atoms with Crippen LogP contribution in [0.1, 0.15) is 0 Å². The molecule has 6 nitrogen and oxygen atoms in total. The number of carbonyl (C=O) groups excluding carboxylic acids is 1. The fraction of sp³-hybridized carbons (Fsp3) is 0. The molecule has 4 N–H and O–H groups in total. The Morgan fingerprint density at radius 1 is 1.17 bits per heavy atom. The van der Waals surface area contributed by atoms with E-state index in [0.717, 1.165) is 10.2 Å². The van der Waals surface area contributed by atoms with E-state index in [0.29, 0.717) is 10.8 Å². The van der Waals surface area contributed by atoms with Gasteiger partial charge in [-0.15, -0.1) is 0 Å². The first-order chi connectivity index (χ1) is 11.1. The van der Waals surface area contributed by atoms with Crippen LogP contribution in [0.2, 0.25) is 0 Å². The van der Waals surface area contributed by atoms with Crippen LogP contribution in [0.5, 0.6) is 0 Å². The van der Waals surface area contributed by atoms with Crippen molar-refractivity contribution in [3.8, 4) is 0 Å². The summed E-state index contributed by atoms with van der Waals surface area (Å²) in [7, 11) is 0. The van der Waals surface area contributed by atoms with Gasteiger partial charge in [-0.1, -0.05) is 23.5 Å². The highest BCUT2D eigenvalue weighted by Gasteiger charge is 2.06. The fourth-order valence-electron chi connectivity index (χ4n) is 1.85. The Hall–Kier alpha value is -3.00. The standard InChI is InChI=1S/C15H12FN5OS/c16-9-5-7-10(8-6-9)18-14(22)20-13(17)21-15-19-11-3-1-2-4-12(11)23-15/h1-8H,(H4,17,18,19,20,21,22). The number of fused-ring (bicyclic) bond motifs is 1. The average Bonchev–Trinajstić information content (AvgIpc) is 2.91. The van der Waals surface area contributed by atoms with E-state index in [9.17, 15) is 9.18 Å². The van der Waals surface area contributed by atoms with E-state index in [-0.39, 0.29) is 11.8 Å². The summed E-state index contributed by atoms with van der Waals surface area (Å²) in [5, 5.41) is 5.35. The number of nitrogens with zero attached hydrogens (tertiary/aromatic N) is 2. The topological polar surface area (TPSA) is 92.4 Å². The molecule has 0 saturated carbocycles. The molecule has 116 valence electrons. The van der Waals surface area contributed by atoms with Crippen LogP contribution in [0.3, 0.4) is 0 Å². The summed E-state index contributed by atoms with van der Waals surface area (Å²) >= 11 is 1.37. The predicted octanol–water partition coefficient (Wildman–Crippen LogP) is 3.20. The van der Waals surface area contributed by atoms with Crippen LogP contribution in [0.25, 0.3) is 10.2 Å². The average molecular weight is 329 g/mol. The van der Waals surface area contributed by atoms with Crippen molar-refractivity contribution in [1.29, 1.82) is 0 Å². The lowest BCUT2D eigenvalue weighted by Gasteiger charge is -2.06. The lowest BCUT2D eigenvalue weighted by atomic mass is 10.3. The van der Waals surface area contributed by atoms with Crippen LogP contribution in [0, 0.1) is 5.82 Å². The number of aliphatic imine (C=N–C) groups is 1. The van der Waals surface area contributed by atoms with Crippen LogP contribution in [-0.4, -0.2) is 17.0 Å². The molecule has 0 fully saturated rings. The summed E-state index contributed by atoms with van der Waals surface area (Å²) in [6.45, 7) is 0. The smallest absolute Gasteiger partial charge is 0.325 e. The Morgan fingerprint density at radius 2 is 1.91 bits per heavy atom. The summed E-state index contributed by atoms with van der Waals surface area (Å²) in [5.74, 6) is -0.462. The lowest BCUT2D eigenvalue weighted by Crippen LogP contribution is -2.39. The molecule has 0 aliphatic carbocycles. The number of amides is 2. The molecule has 23 heavy (non-hydrogen) atoms. The number of halogens is 1. The quantitative estimate of drug-likeness (QED) is 0.498. The molecule has 3 aromatic rings. The number of carbonyl (C=O) groups is 1. The van der Waals surface area contributed by atoms with Gasteiger partial charge in [0.05, 0.1) is 10.2 Å². The first-order valence-corrected chi connectivity index (χ1v) is 7.45. The number of nitrogens with two attached hydrogens (primary N) is 1. The summed E-state index contributed by atoms with van der Waals surface area (Å²) in [4.78, 5) is 20.1. The monoisotopic (exact) mass is 329 g/mol. The molecule has 0 atom stereocenters. The van der Waals surface area contributed by atoms with Gasteiger partial charge in [-0.05, 0) is 36.4 Å². The number of anilines is 1. The van der Waals surface area contributed by atoms with Crippen molar-refractivity contribution in [3.63, 3.8) is 0 Å². The van der Waals surface area contributed by atoms with Crippen molar-refractivity contribution in [2.24, 2.45) is 10.7 Å². The van der Waals surface area contributed by atoms with E-state index in [4.69, 9.17) is 5.73 Å². The number of rotatable bonds is 2. The van der Waals surface area contributed by atoms with Crippen molar-refractivity contribution in [2.45, 2.75) is 0 Å². The van der Waals surface area contributed by atoms with Crippen molar-refractivity contribution >= 4 is 44.4 Å². The van der Waals surface area contributed by atoms with Gasteiger partial charge in [0.15, 0.2) is 0 Å². The van der Waals surface area contributed by atoms with E-state index in [1.165, 1.54) is 35.6 Å². The minimum atomic E-state index is -0.570. The van der Waals surface area contributed by atoms with Gasteiger partial charge in [0.25, 0.3) is 0 Å². The lowest BCUT2D eigenvalue weighted by molar-refractivity contribution is 0.256. The molecule has 0 aliphatic rings. The number of benzene rings is 2. The molecule has 0 spiro atoms. The molecule has 2 amide bonds. The summed E-state index contributed by atoms with van der Waals surface area (Å²) in [6, 6.07) is 12.4. The molecule has 0 unspecified atom stereocenters. The van der Waals surface area contributed by atoms with Gasteiger partial charge in [0, 0.05) is 5.69 Å². The zero-order chi connectivity index (χ0) is 16.2. The second-order valence-electron chi connectivity index (χ2n) is 4.55. The number of hydrogen-bond donors (Lipinski definition) is 3. The SMILES string of the molecule is N/C(=N\c1nc2ccccc2s1)NC(=O)Nc1ccc(F)cc1. The maximum atomic E-state index is 12.8. The number of nitrogens with one attached hydrogen (secondary N) is 2. The third-order valence-corrected chi connectivity index (χ3v) is 3.77. The Labute approximate surface area is 134 Å². The Morgan fingerprint density at radius 3 is 2.65 bits per heavy atom. The molecule has 0 saturated heterocycles. The van der Waals surface area contributed by atoms with Gasteiger partial charge in [-0.2, -0.15) is 4.99 Å². The van der Waals surface area contributed by atoms with Gasteiger partial charge in [-0.3, -0.25) is 5.32 Å². The normalized spacial score (nSPS) is 11.4. The van der Waals surface area contributed by atoms with Crippen LogP contribution >= 0.6 is 11.3 Å². The Bertz CT molecular complexity index is 842. The molecule has 1 heterocycles. The minimum absolute atomic E-state index is 0.0799. The molecular weight excluding hydrogens is 317 g/mol. The number of guanidine groups is 1. The molecule has 0 aliphatic heterocycles. The summed E-state index contributed by atoms with van der Waals surface area (Å²) < 4.78 is 13.8. The van der Waals surface area contributed by atoms with E-state index < -0.39 is 6.03 Å². The molecule has 8 heteroatoms. The Kier molecular flexibility index (Phi) is 4.15.